The van der Waals surface area contributed by atoms with Crippen LogP contribution in [0.2, 0.25) is 0 Å². The lowest BCUT2D eigenvalue weighted by Gasteiger charge is -2.57. The Morgan fingerprint density at radius 3 is 2.41 bits per heavy atom. The predicted molar refractivity (Wildman–Crippen MR) is 131 cm³/mol. The number of hydrogen-bond acceptors (Lipinski definition) is 2. The van der Waals surface area contributed by atoms with E-state index in [9.17, 15) is 8.42 Å². The minimum Gasteiger partial charge on any atom is -0.207 e. The van der Waals surface area contributed by atoms with Crippen molar-refractivity contribution in [3.8, 4) is 0 Å². The van der Waals surface area contributed by atoms with E-state index >= 15 is 0 Å². The first-order valence-electron chi connectivity index (χ1n) is 13.3. The number of nitrogens with zero attached hydrogens (tertiary/aromatic N) is 1. The first kappa shape index (κ1) is 22.9. The van der Waals surface area contributed by atoms with Gasteiger partial charge in [0.15, 0.2) is 0 Å². The SMILES string of the molecule is C[C@H]1CC[C@@H]2C3CC[C@@]4(C)C(CCC4[C@H](C)N(C)S(=O)(=O)c4ccccc4)[C@@H]3CC[C@@H]2C1. The van der Waals surface area contributed by atoms with Crippen LogP contribution in [0.25, 0.3) is 0 Å². The molecule has 1 aromatic carbocycles. The number of fused-ring (bicyclic) bond motifs is 5. The fraction of sp³-hybridized carbons (Fsp3) is 0.786. The average Bonchev–Trinajstić information content (AvgIpc) is 3.15. The lowest BCUT2D eigenvalue weighted by atomic mass is 9.49. The highest BCUT2D eigenvalue weighted by Gasteiger charge is 2.58. The molecule has 4 heteroatoms. The van der Waals surface area contributed by atoms with Crippen LogP contribution in [0.1, 0.15) is 78.6 Å². The van der Waals surface area contributed by atoms with E-state index in [4.69, 9.17) is 0 Å². The van der Waals surface area contributed by atoms with Crippen LogP contribution in [0.4, 0.5) is 0 Å². The summed E-state index contributed by atoms with van der Waals surface area (Å²) in [6.07, 6.45) is 12.4. The van der Waals surface area contributed by atoms with Crippen molar-refractivity contribution in [2.45, 2.75) is 89.5 Å². The second-order valence-electron chi connectivity index (χ2n) is 12.2. The monoisotopic (exact) mass is 457 g/mol. The maximum absolute atomic E-state index is 13.3. The van der Waals surface area contributed by atoms with Gasteiger partial charge in [-0.2, -0.15) is 4.31 Å². The van der Waals surface area contributed by atoms with Gasteiger partial charge in [0.25, 0.3) is 0 Å². The van der Waals surface area contributed by atoms with Gasteiger partial charge in [-0.3, -0.25) is 0 Å². The van der Waals surface area contributed by atoms with E-state index in [0.717, 1.165) is 35.5 Å². The van der Waals surface area contributed by atoms with Crippen molar-refractivity contribution in [2.24, 2.45) is 46.8 Å². The van der Waals surface area contributed by atoms with E-state index in [2.05, 4.69) is 20.8 Å². The van der Waals surface area contributed by atoms with Gasteiger partial charge in [0, 0.05) is 13.1 Å². The number of hydrogen-bond donors (Lipinski definition) is 0. The summed E-state index contributed by atoms with van der Waals surface area (Å²) in [6.45, 7) is 7.16. The Morgan fingerprint density at radius 1 is 0.938 bits per heavy atom. The Morgan fingerprint density at radius 2 is 1.66 bits per heavy atom. The van der Waals surface area contributed by atoms with Gasteiger partial charge in [-0.05, 0) is 117 Å². The first-order chi connectivity index (χ1) is 15.2. The summed E-state index contributed by atoms with van der Waals surface area (Å²) in [5.74, 6) is 5.98. The molecule has 178 valence electrons. The molecule has 0 radical (unpaired) electrons. The summed E-state index contributed by atoms with van der Waals surface area (Å²) in [5, 5.41) is 0. The zero-order valence-corrected chi connectivity index (χ0v) is 21.4. The number of sulfonamides is 1. The maximum atomic E-state index is 13.3. The van der Waals surface area contributed by atoms with Gasteiger partial charge >= 0.3 is 0 Å². The van der Waals surface area contributed by atoms with Crippen LogP contribution in [0.5, 0.6) is 0 Å². The number of benzene rings is 1. The van der Waals surface area contributed by atoms with E-state index in [0.29, 0.717) is 10.8 Å². The first-order valence-corrected chi connectivity index (χ1v) is 14.7. The van der Waals surface area contributed by atoms with Crippen molar-refractivity contribution < 1.29 is 8.42 Å². The highest BCUT2D eigenvalue weighted by atomic mass is 32.2. The molecule has 0 aromatic heterocycles. The minimum atomic E-state index is -3.45. The molecular weight excluding hydrogens is 414 g/mol. The van der Waals surface area contributed by atoms with Crippen LogP contribution in [0.3, 0.4) is 0 Å². The molecule has 0 heterocycles. The molecule has 3 unspecified atom stereocenters. The van der Waals surface area contributed by atoms with Gasteiger partial charge in [-0.1, -0.05) is 38.5 Å². The zero-order chi connectivity index (χ0) is 22.7. The third kappa shape index (κ3) is 3.59. The van der Waals surface area contributed by atoms with Gasteiger partial charge < -0.3 is 0 Å². The molecule has 3 nitrogen and oxygen atoms in total. The largest absolute Gasteiger partial charge is 0.243 e. The fourth-order valence-electron chi connectivity index (χ4n) is 9.15. The summed E-state index contributed by atoms with van der Waals surface area (Å²) < 4.78 is 28.4. The van der Waals surface area contributed by atoms with Crippen LogP contribution < -0.4 is 0 Å². The summed E-state index contributed by atoms with van der Waals surface area (Å²) in [4.78, 5) is 0.419. The average molecular weight is 458 g/mol. The molecule has 4 saturated carbocycles. The Kier molecular flexibility index (Phi) is 6.02. The van der Waals surface area contributed by atoms with Crippen molar-refractivity contribution in [2.75, 3.05) is 7.05 Å². The molecule has 9 atom stereocenters. The highest BCUT2D eigenvalue weighted by Crippen LogP contribution is 2.65. The van der Waals surface area contributed by atoms with Crippen LogP contribution in [-0.2, 0) is 10.0 Å². The number of rotatable bonds is 4. The molecule has 4 fully saturated rings. The van der Waals surface area contributed by atoms with Crippen molar-refractivity contribution in [1.29, 1.82) is 0 Å². The molecular formula is C28H43NO2S. The Labute approximate surface area is 196 Å². The standard InChI is InChI=1S/C28H43NO2S/c1-19-10-12-23-21(18-19)11-13-25-24(23)16-17-28(3)26(14-15-27(25)28)20(2)29(4)32(30,31)22-8-6-5-7-9-22/h5-9,19-21,23-27H,10-18H2,1-4H3/t19-,20-,21+,23-,24?,25+,26?,27?,28+/m0/s1. The molecule has 4 aliphatic carbocycles. The van der Waals surface area contributed by atoms with Crippen LogP contribution in [-0.4, -0.2) is 25.8 Å². The van der Waals surface area contributed by atoms with Gasteiger partial charge in [0.2, 0.25) is 10.0 Å². The minimum absolute atomic E-state index is 0.0404. The molecule has 0 saturated heterocycles. The smallest absolute Gasteiger partial charge is 0.207 e. The van der Waals surface area contributed by atoms with Gasteiger partial charge in [-0.15, -0.1) is 0 Å². The molecule has 32 heavy (non-hydrogen) atoms. The van der Waals surface area contributed by atoms with Crippen molar-refractivity contribution >= 4 is 10.0 Å². The van der Waals surface area contributed by atoms with Gasteiger partial charge in [0.05, 0.1) is 4.90 Å². The second-order valence-corrected chi connectivity index (χ2v) is 14.2. The lowest BCUT2D eigenvalue weighted by molar-refractivity contribution is -0.0724. The highest BCUT2D eigenvalue weighted by molar-refractivity contribution is 7.89. The molecule has 1 aromatic rings. The van der Waals surface area contributed by atoms with E-state index in [-0.39, 0.29) is 11.5 Å². The molecule has 4 aliphatic rings. The molecule has 0 spiro atoms. The van der Waals surface area contributed by atoms with E-state index in [1.165, 1.54) is 57.8 Å². The Balaban J connectivity index is 1.35. The Hall–Kier alpha value is -0.870. The van der Waals surface area contributed by atoms with Crippen LogP contribution >= 0.6 is 0 Å². The quantitative estimate of drug-likeness (QED) is 0.511. The fourth-order valence-corrected chi connectivity index (χ4v) is 10.6. The summed E-state index contributed by atoms with van der Waals surface area (Å²) in [6, 6.07) is 9.02. The molecule has 0 bridgehead atoms. The van der Waals surface area contributed by atoms with Crippen molar-refractivity contribution in [3.63, 3.8) is 0 Å². The van der Waals surface area contributed by atoms with Crippen molar-refractivity contribution in [3.05, 3.63) is 30.3 Å². The van der Waals surface area contributed by atoms with Gasteiger partial charge in [0.1, 0.15) is 0 Å². The van der Waals surface area contributed by atoms with Gasteiger partial charge in [-0.25, -0.2) is 8.42 Å². The molecule has 0 aliphatic heterocycles. The molecule has 0 N–H and O–H groups in total. The van der Waals surface area contributed by atoms with E-state index in [1.807, 2.05) is 25.2 Å². The van der Waals surface area contributed by atoms with Crippen molar-refractivity contribution in [1.82, 2.24) is 4.31 Å². The molecule has 5 rings (SSSR count). The summed E-state index contributed by atoms with van der Waals surface area (Å²) >= 11 is 0. The Bertz CT molecular complexity index is 915. The topological polar surface area (TPSA) is 37.4 Å². The van der Waals surface area contributed by atoms with Crippen LogP contribution in [0.15, 0.2) is 35.2 Å². The third-order valence-corrected chi connectivity index (χ3v) is 12.8. The summed E-state index contributed by atoms with van der Waals surface area (Å²) in [7, 11) is -1.64. The van der Waals surface area contributed by atoms with E-state index < -0.39 is 10.0 Å². The predicted octanol–water partition coefficient (Wildman–Crippen LogP) is 6.60. The maximum Gasteiger partial charge on any atom is 0.243 e. The third-order valence-electron chi connectivity index (χ3n) is 10.9. The lowest BCUT2D eigenvalue weighted by Crippen LogP contribution is -2.51. The summed E-state index contributed by atoms with van der Waals surface area (Å²) in [5.41, 5.74) is 0.288. The van der Waals surface area contributed by atoms with Crippen LogP contribution in [0, 0.1) is 46.8 Å². The zero-order valence-electron chi connectivity index (χ0n) is 20.5. The second kappa shape index (κ2) is 8.41. The van der Waals surface area contributed by atoms with E-state index in [1.54, 1.807) is 16.4 Å². The normalized spacial score (nSPS) is 42.7. The molecule has 0 amide bonds.